The molecule has 0 bridgehead atoms. The van der Waals surface area contributed by atoms with Crippen molar-refractivity contribution in [2.24, 2.45) is 0 Å². The number of ketones is 1. The molecule has 0 N–H and O–H groups in total. The van der Waals surface area contributed by atoms with Crippen LogP contribution in [0.1, 0.15) is 15.9 Å². The quantitative estimate of drug-likeness (QED) is 0.461. The summed E-state index contributed by atoms with van der Waals surface area (Å²) in [5.74, 6) is 0.392. The molecule has 0 amide bonds. The lowest BCUT2D eigenvalue weighted by Gasteiger charge is -2.08. The van der Waals surface area contributed by atoms with Crippen molar-refractivity contribution in [3.05, 3.63) is 26.8 Å². The number of nitriles is 1. The summed E-state index contributed by atoms with van der Waals surface area (Å²) in [6, 6.07) is 5.25. The number of benzene rings is 1. The highest BCUT2D eigenvalue weighted by molar-refractivity contribution is 14.1. The lowest BCUT2D eigenvalue weighted by Crippen LogP contribution is -2.06. The first-order chi connectivity index (χ1) is 7.13. The molecule has 1 rings (SSSR count). The number of carbonyl (C=O) groups excluding carboxylic acids is 1. The summed E-state index contributed by atoms with van der Waals surface area (Å²) in [6.45, 7) is 0. The number of carbonyl (C=O) groups is 1. The first-order valence-electron chi connectivity index (χ1n) is 4.00. The summed E-state index contributed by atoms with van der Waals surface area (Å²) in [6.07, 6.45) is 0. The molecular weight excluding hydrogens is 373 g/mol. The Bertz CT molecular complexity index is 440. The molecule has 0 aliphatic carbocycles. The minimum atomic E-state index is -0.0549. The van der Waals surface area contributed by atoms with Gasteiger partial charge in [0.05, 0.1) is 29.6 Å². The van der Waals surface area contributed by atoms with Crippen LogP contribution in [0.4, 0.5) is 0 Å². The third-order valence-corrected chi connectivity index (χ3v) is 3.16. The number of halogens is 2. The average Bonchev–Trinajstić information content (AvgIpc) is 2.26. The molecule has 3 nitrogen and oxygen atoms in total. The number of ether oxygens (including phenoxy) is 1. The molecule has 1 aromatic rings. The Morgan fingerprint density at radius 3 is 2.80 bits per heavy atom. The van der Waals surface area contributed by atoms with Crippen LogP contribution in [0.2, 0.25) is 0 Å². The van der Waals surface area contributed by atoms with Crippen LogP contribution in [-0.4, -0.2) is 18.2 Å². The Morgan fingerprint density at radius 1 is 1.67 bits per heavy atom. The standard InChI is InChI=1S/C10H7BrINO2/c1-15-9-3-6(5-13)2-7(12)10(9)8(14)4-11/h2-3H,4H2,1H3. The topological polar surface area (TPSA) is 50.1 Å². The summed E-state index contributed by atoms with van der Waals surface area (Å²) in [4.78, 5) is 11.6. The fourth-order valence-corrected chi connectivity index (χ4v) is 2.33. The van der Waals surface area contributed by atoms with E-state index in [9.17, 15) is 4.79 Å². The molecule has 0 heterocycles. The smallest absolute Gasteiger partial charge is 0.178 e. The van der Waals surface area contributed by atoms with Crippen molar-refractivity contribution < 1.29 is 9.53 Å². The molecule has 0 aromatic heterocycles. The molecule has 0 spiro atoms. The number of rotatable bonds is 3. The Labute approximate surface area is 110 Å². The van der Waals surface area contributed by atoms with Crippen LogP contribution < -0.4 is 4.74 Å². The fraction of sp³-hybridized carbons (Fsp3) is 0.200. The molecule has 0 radical (unpaired) electrons. The first-order valence-corrected chi connectivity index (χ1v) is 6.20. The van der Waals surface area contributed by atoms with E-state index in [1.807, 2.05) is 28.7 Å². The summed E-state index contributed by atoms with van der Waals surface area (Å²) in [5.41, 5.74) is 1.01. The number of hydrogen-bond acceptors (Lipinski definition) is 3. The summed E-state index contributed by atoms with van der Waals surface area (Å²) in [5, 5.41) is 9.01. The molecule has 0 saturated carbocycles. The normalized spacial score (nSPS) is 9.47. The van der Waals surface area contributed by atoms with Crippen molar-refractivity contribution in [1.82, 2.24) is 0 Å². The van der Waals surface area contributed by atoms with E-state index < -0.39 is 0 Å². The molecule has 78 valence electrons. The molecule has 1 aromatic carbocycles. The second-order valence-electron chi connectivity index (χ2n) is 2.70. The maximum Gasteiger partial charge on any atom is 0.178 e. The van der Waals surface area contributed by atoms with Gasteiger partial charge in [0.15, 0.2) is 5.78 Å². The van der Waals surface area contributed by atoms with Gasteiger partial charge < -0.3 is 4.74 Å². The monoisotopic (exact) mass is 379 g/mol. The number of methoxy groups -OCH3 is 1. The maximum absolute atomic E-state index is 11.6. The molecule has 0 fully saturated rings. The van der Waals surface area contributed by atoms with E-state index in [0.29, 0.717) is 16.9 Å². The second kappa shape index (κ2) is 5.47. The molecule has 5 heteroatoms. The van der Waals surface area contributed by atoms with Gasteiger partial charge in [-0.15, -0.1) is 0 Å². The minimum Gasteiger partial charge on any atom is -0.496 e. The van der Waals surface area contributed by atoms with Gasteiger partial charge in [0.1, 0.15) is 5.75 Å². The van der Waals surface area contributed by atoms with Crippen molar-refractivity contribution >= 4 is 44.3 Å². The number of hydrogen-bond donors (Lipinski definition) is 0. The summed E-state index contributed by atoms with van der Waals surface area (Å²) >= 11 is 5.14. The fourth-order valence-electron chi connectivity index (χ4n) is 1.14. The van der Waals surface area contributed by atoms with Crippen molar-refractivity contribution in [1.29, 1.82) is 5.26 Å². The van der Waals surface area contributed by atoms with Crippen LogP contribution in [0.15, 0.2) is 12.1 Å². The van der Waals surface area contributed by atoms with Crippen molar-refractivity contribution in [3.8, 4) is 11.8 Å². The molecule has 15 heavy (non-hydrogen) atoms. The van der Waals surface area contributed by atoms with Crippen molar-refractivity contribution in [3.63, 3.8) is 0 Å². The van der Waals surface area contributed by atoms with Crippen LogP contribution in [0.3, 0.4) is 0 Å². The first kappa shape index (κ1) is 12.5. The Balaban J connectivity index is 3.39. The molecule has 0 atom stereocenters. The molecule has 0 aliphatic rings. The Kier molecular flexibility index (Phi) is 4.54. The van der Waals surface area contributed by atoms with Crippen LogP contribution in [0.25, 0.3) is 0 Å². The highest BCUT2D eigenvalue weighted by atomic mass is 127. The molecular formula is C10H7BrINO2. The Morgan fingerprint density at radius 2 is 2.33 bits per heavy atom. The van der Waals surface area contributed by atoms with Gasteiger partial charge in [-0.2, -0.15) is 5.26 Å². The van der Waals surface area contributed by atoms with Gasteiger partial charge in [-0.1, -0.05) is 15.9 Å². The van der Waals surface area contributed by atoms with Gasteiger partial charge in [0.25, 0.3) is 0 Å². The second-order valence-corrected chi connectivity index (χ2v) is 4.43. The lowest BCUT2D eigenvalue weighted by atomic mass is 10.1. The van der Waals surface area contributed by atoms with Crippen molar-refractivity contribution in [2.45, 2.75) is 0 Å². The van der Waals surface area contributed by atoms with E-state index >= 15 is 0 Å². The van der Waals surface area contributed by atoms with Gasteiger partial charge in [-0.05, 0) is 34.7 Å². The van der Waals surface area contributed by atoms with Gasteiger partial charge in [0, 0.05) is 3.57 Å². The van der Waals surface area contributed by atoms with Crippen LogP contribution >= 0.6 is 38.5 Å². The molecule has 0 saturated heterocycles. The molecule has 0 aliphatic heterocycles. The maximum atomic E-state index is 11.6. The number of alkyl halides is 1. The van der Waals surface area contributed by atoms with Crippen LogP contribution in [0.5, 0.6) is 5.75 Å². The zero-order valence-corrected chi connectivity index (χ0v) is 11.6. The van der Waals surface area contributed by atoms with E-state index in [2.05, 4.69) is 15.9 Å². The largest absolute Gasteiger partial charge is 0.496 e. The van der Waals surface area contributed by atoms with Gasteiger partial charge in [0.2, 0.25) is 0 Å². The third-order valence-electron chi connectivity index (χ3n) is 1.80. The zero-order valence-electron chi connectivity index (χ0n) is 7.88. The highest BCUT2D eigenvalue weighted by Crippen LogP contribution is 2.26. The van der Waals surface area contributed by atoms with Gasteiger partial charge >= 0.3 is 0 Å². The Hall–Kier alpha value is -0.610. The van der Waals surface area contributed by atoms with Crippen LogP contribution in [-0.2, 0) is 0 Å². The average molecular weight is 380 g/mol. The van der Waals surface area contributed by atoms with E-state index in [4.69, 9.17) is 10.00 Å². The van der Waals surface area contributed by atoms with Gasteiger partial charge in [-0.3, -0.25) is 4.79 Å². The SMILES string of the molecule is COc1cc(C#N)cc(I)c1C(=O)CBr. The van der Waals surface area contributed by atoms with E-state index in [1.165, 1.54) is 7.11 Å². The highest BCUT2D eigenvalue weighted by Gasteiger charge is 2.16. The summed E-state index contributed by atoms with van der Waals surface area (Å²) < 4.78 is 5.82. The van der Waals surface area contributed by atoms with Gasteiger partial charge in [-0.25, -0.2) is 0 Å². The number of Topliss-reactive ketones (excluding diaryl/α,β-unsaturated/α-hetero) is 1. The van der Waals surface area contributed by atoms with E-state index in [1.54, 1.807) is 12.1 Å². The van der Waals surface area contributed by atoms with Crippen LogP contribution in [0, 0.1) is 14.9 Å². The lowest BCUT2D eigenvalue weighted by molar-refractivity contribution is 0.102. The zero-order chi connectivity index (χ0) is 11.4. The van der Waals surface area contributed by atoms with Crippen molar-refractivity contribution in [2.75, 3.05) is 12.4 Å². The summed E-state index contributed by atoms with van der Waals surface area (Å²) in [7, 11) is 1.48. The molecule has 0 unspecified atom stereocenters. The van der Waals surface area contributed by atoms with E-state index in [0.717, 1.165) is 3.57 Å². The minimum absolute atomic E-state index is 0.0549. The predicted molar refractivity (Wildman–Crippen MR) is 68.6 cm³/mol. The predicted octanol–water partition coefficient (Wildman–Crippen LogP) is 2.75. The third kappa shape index (κ3) is 2.69. The number of nitrogens with zero attached hydrogens (tertiary/aromatic N) is 1. The van der Waals surface area contributed by atoms with E-state index in [-0.39, 0.29) is 11.1 Å².